The molecule has 1 N–H and O–H groups in total. The van der Waals surface area contributed by atoms with Crippen LogP contribution in [-0.4, -0.2) is 74.3 Å². The van der Waals surface area contributed by atoms with E-state index in [9.17, 15) is 8.42 Å². The van der Waals surface area contributed by atoms with Crippen molar-refractivity contribution >= 4 is 33.1 Å². The van der Waals surface area contributed by atoms with Gasteiger partial charge in [0, 0.05) is 43.3 Å². The Labute approximate surface area is 209 Å². The van der Waals surface area contributed by atoms with Gasteiger partial charge in [-0.1, -0.05) is 30.7 Å². The van der Waals surface area contributed by atoms with Crippen LogP contribution in [0.1, 0.15) is 37.3 Å². The van der Waals surface area contributed by atoms with E-state index in [1.54, 1.807) is 6.20 Å². The highest BCUT2D eigenvalue weighted by Crippen LogP contribution is 2.28. The number of nitrogens with one attached hydrogen (secondary N) is 1. The summed E-state index contributed by atoms with van der Waals surface area (Å²) in [5, 5.41) is 0.791. The number of anilines is 2. The van der Waals surface area contributed by atoms with E-state index in [4.69, 9.17) is 11.6 Å². The molecule has 0 radical (unpaired) electrons. The molecule has 34 heavy (non-hydrogen) atoms. The minimum atomic E-state index is -3.31. The van der Waals surface area contributed by atoms with Crippen LogP contribution in [0.15, 0.2) is 36.5 Å². The number of aryl methyl sites for hydroxylation is 1. The molecular formula is C25H36ClN5O2S. The topological polar surface area (TPSA) is 68.8 Å². The predicted molar refractivity (Wildman–Crippen MR) is 140 cm³/mol. The smallest absolute Gasteiger partial charge is 0.229 e. The average Bonchev–Trinajstić information content (AvgIpc) is 2.80. The molecule has 2 aliphatic rings. The number of pyridine rings is 1. The highest BCUT2D eigenvalue weighted by molar-refractivity contribution is 7.92. The Hall–Kier alpha value is -1.87. The average molecular weight is 506 g/mol. The van der Waals surface area contributed by atoms with Crippen LogP contribution in [0.4, 0.5) is 11.5 Å². The fourth-order valence-corrected chi connectivity index (χ4v) is 6.00. The lowest BCUT2D eigenvalue weighted by Crippen LogP contribution is -2.58. The van der Waals surface area contributed by atoms with Gasteiger partial charge in [0.2, 0.25) is 10.0 Å². The summed E-state index contributed by atoms with van der Waals surface area (Å²) >= 11 is 6.02. The summed E-state index contributed by atoms with van der Waals surface area (Å²) in [4.78, 5) is 12.3. The number of rotatable bonds is 7. The van der Waals surface area contributed by atoms with E-state index in [1.165, 1.54) is 18.4 Å². The highest BCUT2D eigenvalue weighted by Gasteiger charge is 2.33. The number of piperidine rings is 1. The quantitative estimate of drug-likeness (QED) is 0.614. The Balaban J connectivity index is 1.34. The van der Waals surface area contributed by atoms with Crippen molar-refractivity contribution in [2.45, 2.75) is 51.7 Å². The molecular weight excluding hydrogens is 470 g/mol. The first-order valence-electron chi connectivity index (χ1n) is 12.1. The summed E-state index contributed by atoms with van der Waals surface area (Å²) in [6.45, 7) is 10.4. The second-order valence-corrected chi connectivity index (χ2v) is 11.8. The van der Waals surface area contributed by atoms with Crippen molar-refractivity contribution in [2.75, 3.05) is 48.6 Å². The molecule has 2 saturated heterocycles. The third-order valence-electron chi connectivity index (χ3n) is 7.00. The lowest BCUT2D eigenvalue weighted by atomic mass is 9.97. The predicted octanol–water partition coefficient (Wildman–Crippen LogP) is 3.98. The summed E-state index contributed by atoms with van der Waals surface area (Å²) in [6.07, 6.45) is 6.28. The summed E-state index contributed by atoms with van der Waals surface area (Å²) < 4.78 is 25.6. The van der Waals surface area contributed by atoms with E-state index in [0.29, 0.717) is 17.8 Å². The number of hydrogen-bond acceptors (Lipinski definition) is 6. The first-order chi connectivity index (χ1) is 16.2. The van der Waals surface area contributed by atoms with Gasteiger partial charge >= 0.3 is 0 Å². The van der Waals surface area contributed by atoms with Gasteiger partial charge in [0.1, 0.15) is 5.82 Å². The van der Waals surface area contributed by atoms with E-state index in [-0.39, 0.29) is 0 Å². The number of aromatic nitrogens is 1. The summed E-state index contributed by atoms with van der Waals surface area (Å²) in [6, 6.07) is 11.2. The lowest BCUT2D eigenvalue weighted by molar-refractivity contribution is 0.0610. The van der Waals surface area contributed by atoms with Crippen molar-refractivity contribution in [3.05, 3.63) is 52.7 Å². The van der Waals surface area contributed by atoms with E-state index in [2.05, 4.69) is 43.5 Å². The van der Waals surface area contributed by atoms with E-state index >= 15 is 0 Å². The molecule has 1 aromatic heterocycles. The Kier molecular flexibility index (Phi) is 8.02. The minimum absolute atomic E-state index is 0.497. The van der Waals surface area contributed by atoms with E-state index < -0.39 is 10.0 Å². The van der Waals surface area contributed by atoms with Crippen molar-refractivity contribution in [2.24, 2.45) is 0 Å². The third kappa shape index (κ3) is 6.42. The van der Waals surface area contributed by atoms with Gasteiger partial charge in [-0.15, -0.1) is 0 Å². The molecule has 0 amide bonds. The molecule has 186 valence electrons. The Bertz CT molecular complexity index is 1070. The van der Waals surface area contributed by atoms with Crippen molar-refractivity contribution in [3.63, 3.8) is 0 Å². The van der Waals surface area contributed by atoms with Crippen LogP contribution in [0.2, 0.25) is 5.02 Å². The Morgan fingerprint density at radius 1 is 1.12 bits per heavy atom. The third-order valence-corrected chi connectivity index (χ3v) is 7.86. The zero-order valence-electron chi connectivity index (χ0n) is 20.4. The van der Waals surface area contributed by atoms with Gasteiger partial charge in [-0.05, 0) is 68.6 Å². The van der Waals surface area contributed by atoms with Gasteiger partial charge in [0.05, 0.1) is 18.1 Å². The van der Waals surface area contributed by atoms with Gasteiger partial charge < -0.3 is 4.90 Å². The molecule has 2 aliphatic heterocycles. The highest BCUT2D eigenvalue weighted by atomic mass is 35.5. The molecule has 2 aromatic rings. The zero-order valence-corrected chi connectivity index (χ0v) is 21.9. The number of likely N-dealkylation sites (tertiary alicyclic amines) is 1. The van der Waals surface area contributed by atoms with Crippen molar-refractivity contribution in [1.82, 2.24) is 14.8 Å². The molecule has 2 fully saturated rings. The zero-order chi connectivity index (χ0) is 24.3. The van der Waals surface area contributed by atoms with Gasteiger partial charge in [-0.25, -0.2) is 13.4 Å². The molecule has 1 atom stereocenters. The summed E-state index contributed by atoms with van der Waals surface area (Å²) in [7, 11) is -3.31. The molecule has 0 aliphatic carbocycles. The second-order valence-electron chi connectivity index (χ2n) is 9.62. The maximum Gasteiger partial charge on any atom is 0.229 e. The van der Waals surface area contributed by atoms with Gasteiger partial charge in [-0.3, -0.25) is 14.5 Å². The van der Waals surface area contributed by atoms with E-state index in [1.807, 2.05) is 25.1 Å². The first-order valence-corrected chi connectivity index (χ1v) is 14.4. The number of sulfonamides is 1. The molecule has 0 spiro atoms. The van der Waals surface area contributed by atoms with Crippen LogP contribution >= 0.6 is 11.6 Å². The van der Waals surface area contributed by atoms with Gasteiger partial charge in [0.25, 0.3) is 0 Å². The number of hydrogen-bond donors (Lipinski definition) is 1. The largest absolute Gasteiger partial charge is 0.354 e. The van der Waals surface area contributed by atoms with Crippen LogP contribution in [0.5, 0.6) is 0 Å². The molecule has 0 bridgehead atoms. The minimum Gasteiger partial charge on any atom is -0.354 e. The number of nitrogens with zero attached hydrogens (tertiary/aromatic N) is 4. The van der Waals surface area contributed by atoms with Crippen molar-refractivity contribution in [3.8, 4) is 0 Å². The Morgan fingerprint density at radius 2 is 1.82 bits per heavy atom. The fraction of sp³-hybridized carbons (Fsp3) is 0.560. The second kappa shape index (κ2) is 10.8. The molecule has 0 saturated carbocycles. The normalized spacial score (nSPS) is 21.1. The maximum absolute atomic E-state index is 11.5. The summed E-state index contributed by atoms with van der Waals surface area (Å²) in [5.41, 5.74) is 2.83. The van der Waals surface area contributed by atoms with Crippen molar-refractivity contribution in [1.29, 1.82) is 0 Å². The summed E-state index contributed by atoms with van der Waals surface area (Å²) in [5.74, 6) is 0.954. The van der Waals surface area contributed by atoms with Crippen LogP contribution in [0.25, 0.3) is 0 Å². The van der Waals surface area contributed by atoms with Gasteiger partial charge in [0.15, 0.2) is 0 Å². The molecule has 1 aromatic carbocycles. The molecule has 7 nitrogen and oxygen atoms in total. The van der Waals surface area contributed by atoms with Crippen LogP contribution < -0.4 is 9.62 Å². The maximum atomic E-state index is 11.5. The van der Waals surface area contributed by atoms with E-state index in [0.717, 1.165) is 68.3 Å². The molecule has 4 rings (SSSR count). The Morgan fingerprint density at radius 3 is 2.44 bits per heavy atom. The number of piperazine rings is 1. The monoisotopic (exact) mass is 505 g/mol. The molecule has 1 unspecified atom stereocenters. The number of halogens is 1. The van der Waals surface area contributed by atoms with Gasteiger partial charge in [-0.2, -0.15) is 0 Å². The van der Waals surface area contributed by atoms with Crippen LogP contribution in [0.3, 0.4) is 0 Å². The van der Waals surface area contributed by atoms with Crippen LogP contribution in [0, 0.1) is 6.92 Å². The lowest BCUT2D eigenvalue weighted by Gasteiger charge is -2.48. The standard InChI is InChI=1S/C25H36ClN5O2S/c1-4-23-18-30(25-19(2)15-22(16-27-25)28-34(3,32)33)13-14-31(23)24-9-11-29(12-10-24)17-20-5-7-21(26)8-6-20/h5-8,15-16,23-24,28H,4,9-14,17-18H2,1-3H3. The molecule has 3 heterocycles. The SMILES string of the molecule is CCC1CN(c2ncc(NS(C)(=O)=O)cc2C)CCN1C1CCN(Cc2ccc(Cl)cc2)CC1. The van der Waals surface area contributed by atoms with Crippen molar-refractivity contribution < 1.29 is 8.42 Å². The fourth-order valence-electron chi connectivity index (χ4n) is 5.33. The molecule has 9 heteroatoms. The first kappa shape index (κ1) is 25.2. The number of benzene rings is 1. The van der Waals surface area contributed by atoms with Crippen LogP contribution in [-0.2, 0) is 16.6 Å².